The Bertz CT molecular complexity index is 554. The molecule has 0 bridgehead atoms. The molecule has 0 aromatic heterocycles. The molecule has 0 N–H and O–H groups in total. The van der Waals surface area contributed by atoms with Gasteiger partial charge >= 0.3 is 0 Å². The van der Waals surface area contributed by atoms with E-state index in [1.807, 2.05) is 24.3 Å². The highest BCUT2D eigenvalue weighted by atomic mass is 79.9. The number of anilines is 1. The zero-order chi connectivity index (χ0) is 13.7. The van der Waals surface area contributed by atoms with Crippen LogP contribution in [0.4, 0.5) is 10.1 Å². The van der Waals surface area contributed by atoms with Gasteiger partial charge in [0.2, 0.25) is 0 Å². The lowest BCUT2D eigenvalue weighted by Gasteiger charge is -2.24. The molecule has 0 aliphatic carbocycles. The molecule has 0 heterocycles. The summed E-state index contributed by atoms with van der Waals surface area (Å²) in [5.74, 6) is -0.242. The normalized spacial score (nSPS) is 10.2. The van der Waals surface area contributed by atoms with Gasteiger partial charge in [-0.3, -0.25) is 0 Å². The maximum atomic E-state index is 13.2. The third-order valence-corrected chi connectivity index (χ3v) is 3.45. The Morgan fingerprint density at radius 2 is 1.89 bits per heavy atom. The van der Waals surface area contributed by atoms with Gasteiger partial charge in [-0.25, -0.2) is 4.39 Å². The maximum absolute atomic E-state index is 13.2. The van der Waals surface area contributed by atoms with Crippen molar-refractivity contribution in [1.29, 1.82) is 0 Å². The number of hydrogen-bond donors (Lipinski definition) is 0. The van der Waals surface area contributed by atoms with E-state index in [2.05, 4.69) is 39.5 Å². The Kier molecular flexibility index (Phi) is 4.74. The van der Waals surface area contributed by atoms with Gasteiger partial charge in [0.05, 0.1) is 5.69 Å². The minimum absolute atomic E-state index is 0.242. The zero-order valence-corrected chi connectivity index (χ0v) is 12.1. The SMILES string of the molecule is C=CCN(Cc1ccccc1)c1ccc(F)cc1Br. The molecule has 0 radical (unpaired) electrons. The second kappa shape index (κ2) is 6.53. The predicted octanol–water partition coefficient (Wildman–Crippen LogP) is 4.78. The van der Waals surface area contributed by atoms with Crippen molar-refractivity contribution in [1.82, 2.24) is 0 Å². The second-order valence-electron chi connectivity index (χ2n) is 4.25. The molecule has 98 valence electrons. The van der Waals surface area contributed by atoms with Crippen molar-refractivity contribution in [2.45, 2.75) is 6.54 Å². The molecule has 19 heavy (non-hydrogen) atoms. The highest BCUT2D eigenvalue weighted by molar-refractivity contribution is 9.10. The van der Waals surface area contributed by atoms with Crippen molar-refractivity contribution in [3.8, 4) is 0 Å². The van der Waals surface area contributed by atoms with E-state index in [0.29, 0.717) is 6.54 Å². The number of hydrogen-bond acceptors (Lipinski definition) is 1. The highest BCUT2D eigenvalue weighted by Crippen LogP contribution is 2.28. The number of rotatable bonds is 5. The molecule has 3 heteroatoms. The Hall–Kier alpha value is -1.61. The van der Waals surface area contributed by atoms with Gasteiger partial charge in [-0.2, -0.15) is 0 Å². The van der Waals surface area contributed by atoms with Crippen molar-refractivity contribution in [3.63, 3.8) is 0 Å². The number of benzene rings is 2. The first kappa shape index (κ1) is 13.8. The lowest BCUT2D eigenvalue weighted by Crippen LogP contribution is -2.23. The van der Waals surface area contributed by atoms with Gasteiger partial charge in [-0.1, -0.05) is 36.4 Å². The summed E-state index contributed by atoms with van der Waals surface area (Å²) >= 11 is 3.42. The zero-order valence-electron chi connectivity index (χ0n) is 10.5. The average molecular weight is 320 g/mol. The minimum Gasteiger partial charge on any atom is -0.363 e. The molecule has 0 aliphatic heterocycles. The van der Waals surface area contributed by atoms with Crippen LogP contribution >= 0.6 is 15.9 Å². The molecule has 0 unspecified atom stereocenters. The van der Waals surface area contributed by atoms with E-state index in [0.717, 1.165) is 16.7 Å². The summed E-state index contributed by atoms with van der Waals surface area (Å²) in [7, 11) is 0. The number of halogens is 2. The van der Waals surface area contributed by atoms with Crippen LogP contribution in [0, 0.1) is 5.82 Å². The summed E-state index contributed by atoms with van der Waals surface area (Å²) in [6.45, 7) is 5.25. The van der Waals surface area contributed by atoms with Crippen molar-refractivity contribution in [2.75, 3.05) is 11.4 Å². The van der Waals surface area contributed by atoms with Gasteiger partial charge in [0.1, 0.15) is 5.82 Å². The summed E-state index contributed by atoms with van der Waals surface area (Å²) in [6.07, 6.45) is 1.85. The van der Waals surface area contributed by atoms with Gasteiger partial charge in [0.25, 0.3) is 0 Å². The van der Waals surface area contributed by atoms with Crippen LogP contribution in [0.5, 0.6) is 0 Å². The topological polar surface area (TPSA) is 3.24 Å². The summed E-state index contributed by atoms with van der Waals surface area (Å²) < 4.78 is 13.9. The molecule has 2 rings (SSSR count). The lowest BCUT2D eigenvalue weighted by molar-refractivity contribution is 0.626. The van der Waals surface area contributed by atoms with E-state index in [1.165, 1.54) is 17.7 Å². The molecule has 0 spiro atoms. The summed E-state index contributed by atoms with van der Waals surface area (Å²) in [5.41, 5.74) is 2.17. The molecule has 0 atom stereocenters. The van der Waals surface area contributed by atoms with E-state index < -0.39 is 0 Å². The van der Waals surface area contributed by atoms with Crippen molar-refractivity contribution < 1.29 is 4.39 Å². The van der Waals surface area contributed by atoms with Crippen LogP contribution in [-0.2, 0) is 6.54 Å². The van der Waals surface area contributed by atoms with E-state index >= 15 is 0 Å². The molecule has 1 nitrogen and oxygen atoms in total. The lowest BCUT2D eigenvalue weighted by atomic mass is 10.2. The molecule has 2 aromatic carbocycles. The van der Waals surface area contributed by atoms with Crippen LogP contribution in [0.25, 0.3) is 0 Å². The van der Waals surface area contributed by atoms with Crippen LogP contribution in [0.1, 0.15) is 5.56 Å². The van der Waals surface area contributed by atoms with Crippen LogP contribution in [-0.4, -0.2) is 6.54 Å². The third kappa shape index (κ3) is 3.67. The third-order valence-electron chi connectivity index (χ3n) is 2.82. The second-order valence-corrected chi connectivity index (χ2v) is 5.10. The first-order valence-corrected chi connectivity index (χ1v) is 6.85. The van der Waals surface area contributed by atoms with Crippen LogP contribution < -0.4 is 4.90 Å². The minimum atomic E-state index is -0.242. The van der Waals surface area contributed by atoms with Crippen LogP contribution in [0.2, 0.25) is 0 Å². The molecule has 0 saturated carbocycles. The smallest absolute Gasteiger partial charge is 0.124 e. The fourth-order valence-corrected chi connectivity index (χ4v) is 2.55. The van der Waals surface area contributed by atoms with Gasteiger partial charge in [0, 0.05) is 17.6 Å². The molecular formula is C16H15BrFN. The molecule has 0 amide bonds. The van der Waals surface area contributed by atoms with Crippen molar-refractivity contribution >= 4 is 21.6 Å². The fourth-order valence-electron chi connectivity index (χ4n) is 1.95. The largest absolute Gasteiger partial charge is 0.363 e. The Labute approximate surface area is 121 Å². The monoisotopic (exact) mass is 319 g/mol. The first-order valence-electron chi connectivity index (χ1n) is 6.05. The highest BCUT2D eigenvalue weighted by Gasteiger charge is 2.10. The summed E-state index contributed by atoms with van der Waals surface area (Å²) in [6, 6.07) is 14.9. The Balaban J connectivity index is 2.27. The first-order chi connectivity index (χ1) is 9.20. The molecule has 2 aromatic rings. The van der Waals surface area contributed by atoms with Gasteiger partial charge in [0.15, 0.2) is 0 Å². The molecular weight excluding hydrogens is 305 g/mol. The van der Waals surface area contributed by atoms with Gasteiger partial charge in [-0.05, 0) is 39.7 Å². The molecule has 0 saturated heterocycles. The standard InChI is InChI=1S/C16H15BrFN/c1-2-10-19(12-13-6-4-3-5-7-13)16-9-8-14(18)11-15(16)17/h2-9,11H,1,10,12H2. The summed E-state index contributed by atoms with van der Waals surface area (Å²) in [4.78, 5) is 2.14. The van der Waals surface area contributed by atoms with E-state index in [-0.39, 0.29) is 5.82 Å². The Morgan fingerprint density at radius 1 is 1.16 bits per heavy atom. The maximum Gasteiger partial charge on any atom is 0.124 e. The van der Waals surface area contributed by atoms with Gasteiger partial charge in [-0.15, -0.1) is 6.58 Å². The Morgan fingerprint density at radius 3 is 2.53 bits per heavy atom. The van der Waals surface area contributed by atoms with E-state index in [1.54, 1.807) is 6.07 Å². The van der Waals surface area contributed by atoms with Crippen LogP contribution in [0.15, 0.2) is 65.7 Å². The predicted molar refractivity (Wildman–Crippen MR) is 81.8 cm³/mol. The summed E-state index contributed by atoms with van der Waals surface area (Å²) in [5, 5.41) is 0. The molecule has 0 aliphatic rings. The van der Waals surface area contributed by atoms with E-state index in [9.17, 15) is 4.39 Å². The van der Waals surface area contributed by atoms with Gasteiger partial charge < -0.3 is 4.90 Å². The fraction of sp³-hybridized carbons (Fsp3) is 0.125. The van der Waals surface area contributed by atoms with E-state index in [4.69, 9.17) is 0 Å². The quantitative estimate of drug-likeness (QED) is 0.717. The number of nitrogens with zero attached hydrogens (tertiary/aromatic N) is 1. The van der Waals surface area contributed by atoms with Crippen molar-refractivity contribution in [2.24, 2.45) is 0 Å². The average Bonchev–Trinajstić information content (AvgIpc) is 2.39. The van der Waals surface area contributed by atoms with Crippen molar-refractivity contribution in [3.05, 3.63) is 77.0 Å². The molecule has 0 fully saturated rings. The van der Waals surface area contributed by atoms with Crippen LogP contribution in [0.3, 0.4) is 0 Å².